The molecule has 0 amide bonds. The van der Waals surface area contributed by atoms with E-state index >= 15 is 0 Å². The van der Waals surface area contributed by atoms with E-state index in [1.807, 2.05) is 0 Å². The lowest BCUT2D eigenvalue weighted by Crippen LogP contribution is -2.48. The summed E-state index contributed by atoms with van der Waals surface area (Å²) in [6.07, 6.45) is 1.31. The number of carboxylic acids is 1. The summed E-state index contributed by atoms with van der Waals surface area (Å²) in [7, 11) is -3.69. The molecule has 2 heterocycles. The molecule has 1 atom stereocenters. The molecule has 9 heteroatoms. The molecule has 8 nitrogen and oxygen atoms in total. The summed E-state index contributed by atoms with van der Waals surface area (Å²) in [6.45, 7) is 0.00812. The highest BCUT2D eigenvalue weighted by Crippen LogP contribution is 2.17. The molecule has 2 rings (SSSR count). The molecule has 94 valence electrons. The zero-order valence-electron chi connectivity index (χ0n) is 8.74. The van der Waals surface area contributed by atoms with Gasteiger partial charge in [-0.2, -0.15) is 9.40 Å². The Morgan fingerprint density at radius 2 is 2.41 bits per heavy atom. The SMILES string of the molecule is O=C(O)C1CN(S(=O)(=O)c2cn[nH]c2)CCO1. The summed E-state index contributed by atoms with van der Waals surface area (Å²) < 4.78 is 30.1. The number of hydrogen-bond acceptors (Lipinski definition) is 5. The molecule has 2 N–H and O–H groups in total. The van der Waals surface area contributed by atoms with Crippen LogP contribution >= 0.6 is 0 Å². The van der Waals surface area contributed by atoms with E-state index in [2.05, 4.69) is 10.2 Å². The first-order chi connectivity index (χ1) is 8.01. The van der Waals surface area contributed by atoms with Gasteiger partial charge in [-0.3, -0.25) is 5.10 Å². The first-order valence-corrected chi connectivity index (χ1v) is 6.29. The van der Waals surface area contributed by atoms with Crippen LogP contribution in [0.4, 0.5) is 0 Å². The minimum atomic E-state index is -3.69. The lowest BCUT2D eigenvalue weighted by molar-refractivity contribution is -0.153. The van der Waals surface area contributed by atoms with Crippen molar-refractivity contribution in [1.29, 1.82) is 0 Å². The standard InChI is InChI=1S/C8H11N3O5S/c12-8(13)7-5-11(1-2-16-7)17(14,15)6-3-9-10-4-6/h3-4,7H,1-2,5H2,(H,9,10)(H,12,13). The van der Waals surface area contributed by atoms with E-state index in [1.54, 1.807) is 0 Å². The maximum atomic E-state index is 12.0. The van der Waals surface area contributed by atoms with Crippen LogP contribution in [0, 0.1) is 0 Å². The van der Waals surface area contributed by atoms with Crippen LogP contribution in [0.2, 0.25) is 0 Å². The Morgan fingerprint density at radius 1 is 1.65 bits per heavy atom. The van der Waals surface area contributed by atoms with Crippen molar-refractivity contribution in [2.75, 3.05) is 19.7 Å². The third-order valence-corrected chi connectivity index (χ3v) is 4.25. The molecule has 0 radical (unpaired) electrons. The Kier molecular flexibility index (Phi) is 3.13. The Bertz CT molecular complexity index is 497. The van der Waals surface area contributed by atoms with Crippen LogP contribution in [0.1, 0.15) is 0 Å². The zero-order chi connectivity index (χ0) is 12.5. The molecule has 1 aromatic rings. The Labute approximate surface area is 97.2 Å². The number of nitrogens with zero attached hydrogens (tertiary/aromatic N) is 2. The van der Waals surface area contributed by atoms with Crippen molar-refractivity contribution >= 4 is 16.0 Å². The maximum absolute atomic E-state index is 12.0. The average molecular weight is 261 g/mol. The van der Waals surface area contributed by atoms with E-state index in [4.69, 9.17) is 9.84 Å². The highest BCUT2D eigenvalue weighted by atomic mass is 32.2. The van der Waals surface area contributed by atoms with Crippen molar-refractivity contribution in [3.8, 4) is 0 Å². The zero-order valence-corrected chi connectivity index (χ0v) is 9.55. The van der Waals surface area contributed by atoms with Crippen LogP contribution in [0.25, 0.3) is 0 Å². The topological polar surface area (TPSA) is 113 Å². The van der Waals surface area contributed by atoms with E-state index < -0.39 is 22.1 Å². The lowest BCUT2D eigenvalue weighted by Gasteiger charge is -2.29. The second-order valence-electron chi connectivity index (χ2n) is 3.49. The van der Waals surface area contributed by atoms with Crippen LogP contribution in [-0.4, -0.2) is 59.8 Å². The highest BCUT2D eigenvalue weighted by Gasteiger charge is 2.34. The first kappa shape index (κ1) is 12.0. The number of H-pyrrole nitrogens is 1. The molecule has 1 aliphatic rings. The van der Waals surface area contributed by atoms with Crippen LogP contribution in [0.15, 0.2) is 17.3 Å². The van der Waals surface area contributed by atoms with Gasteiger partial charge < -0.3 is 9.84 Å². The summed E-state index contributed by atoms with van der Waals surface area (Å²) in [5.41, 5.74) is 0. The van der Waals surface area contributed by atoms with Gasteiger partial charge in [0.15, 0.2) is 6.10 Å². The largest absolute Gasteiger partial charge is 0.479 e. The molecular formula is C8H11N3O5S. The Balaban J connectivity index is 2.20. The molecule has 17 heavy (non-hydrogen) atoms. The van der Waals surface area contributed by atoms with Crippen molar-refractivity contribution in [3.05, 3.63) is 12.4 Å². The number of carbonyl (C=O) groups is 1. The molecule has 0 aliphatic carbocycles. The number of ether oxygens (including phenoxy) is 1. The van der Waals surface area contributed by atoms with Crippen LogP contribution < -0.4 is 0 Å². The number of carboxylic acid groups (broad SMARTS) is 1. The van der Waals surface area contributed by atoms with Crippen molar-refractivity contribution in [2.45, 2.75) is 11.0 Å². The summed E-state index contributed by atoms with van der Waals surface area (Å²) in [4.78, 5) is 10.8. The highest BCUT2D eigenvalue weighted by molar-refractivity contribution is 7.89. The van der Waals surface area contributed by atoms with Gasteiger partial charge >= 0.3 is 5.97 Å². The van der Waals surface area contributed by atoms with Gasteiger partial charge in [0, 0.05) is 12.7 Å². The molecule has 0 saturated carbocycles. The maximum Gasteiger partial charge on any atom is 0.334 e. The summed E-state index contributed by atoms with van der Waals surface area (Å²) in [5, 5.41) is 14.8. The van der Waals surface area contributed by atoms with E-state index in [0.29, 0.717) is 0 Å². The van der Waals surface area contributed by atoms with Gasteiger partial charge in [-0.1, -0.05) is 0 Å². The van der Waals surface area contributed by atoms with Crippen LogP contribution in [0.3, 0.4) is 0 Å². The van der Waals surface area contributed by atoms with E-state index in [1.165, 1.54) is 12.4 Å². The molecule has 0 spiro atoms. The molecule has 0 aromatic carbocycles. The Morgan fingerprint density at radius 3 is 3.00 bits per heavy atom. The van der Waals surface area contributed by atoms with Crippen LogP contribution in [0.5, 0.6) is 0 Å². The second-order valence-corrected chi connectivity index (χ2v) is 5.43. The summed E-state index contributed by atoms with van der Waals surface area (Å²) in [6, 6.07) is 0. The first-order valence-electron chi connectivity index (χ1n) is 4.85. The van der Waals surface area contributed by atoms with Crippen molar-refractivity contribution < 1.29 is 23.1 Å². The second kappa shape index (κ2) is 4.43. The van der Waals surface area contributed by atoms with Gasteiger partial charge in [0.25, 0.3) is 0 Å². The number of aliphatic carboxylic acids is 1. The third-order valence-electron chi connectivity index (χ3n) is 2.42. The van der Waals surface area contributed by atoms with Crippen molar-refractivity contribution in [2.24, 2.45) is 0 Å². The van der Waals surface area contributed by atoms with Crippen molar-refractivity contribution in [3.63, 3.8) is 0 Å². The summed E-state index contributed by atoms with van der Waals surface area (Å²) in [5.74, 6) is -1.17. The smallest absolute Gasteiger partial charge is 0.334 e. The molecule has 0 bridgehead atoms. The number of aromatic amines is 1. The fourth-order valence-corrected chi connectivity index (χ4v) is 2.85. The van der Waals surface area contributed by atoms with Gasteiger partial charge in [-0.25, -0.2) is 13.2 Å². The fraction of sp³-hybridized carbons (Fsp3) is 0.500. The third kappa shape index (κ3) is 2.30. The van der Waals surface area contributed by atoms with E-state index in [9.17, 15) is 13.2 Å². The van der Waals surface area contributed by atoms with Crippen molar-refractivity contribution in [1.82, 2.24) is 14.5 Å². The van der Waals surface area contributed by atoms with Gasteiger partial charge in [-0.15, -0.1) is 0 Å². The quantitative estimate of drug-likeness (QED) is 0.713. The van der Waals surface area contributed by atoms with Gasteiger partial charge in [0.05, 0.1) is 19.3 Å². The van der Waals surface area contributed by atoms with Gasteiger partial charge in [-0.05, 0) is 0 Å². The molecule has 1 unspecified atom stereocenters. The fourth-order valence-electron chi connectivity index (χ4n) is 1.52. The number of sulfonamides is 1. The molecule has 1 aromatic heterocycles. The number of morpholine rings is 1. The minimum Gasteiger partial charge on any atom is -0.479 e. The normalized spacial score (nSPS) is 22.5. The van der Waals surface area contributed by atoms with E-state index in [0.717, 1.165) is 4.31 Å². The van der Waals surface area contributed by atoms with Gasteiger partial charge in [0.2, 0.25) is 10.0 Å². The van der Waals surface area contributed by atoms with Gasteiger partial charge in [0.1, 0.15) is 4.90 Å². The Hall–Kier alpha value is -1.45. The van der Waals surface area contributed by atoms with E-state index in [-0.39, 0.29) is 24.6 Å². The minimum absolute atomic E-state index is 0.0172. The van der Waals surface area contributed by atoms with Crippen LogP contribution in [-0.2, 0) is 19.6 Å². The predicted octanol–water partition coefficient (Wildman–Crippen LogP) is -1.12. The molecule has 1 fully saturated rings. The molecule has 1 saturated heterocycles. The number of nitrogens with one attached hydrogen (secondary N) is 1. The number of hydrogen-bond donors (Lipinski definition) is 2. The number of rotatable bonds is 3. The average Bonchev–Trinajstić information content (AvgIpc) is 2.83. The number of aromatic nitrogens is 2. The predicted molar refractivity (Wildman–Crippen MR) is 54.7 cm³/mol. The monoisotopic (exact) mass is 261 g/mol. The molecular weight excluding hydrogens is 250 g/mol. The summed E-state index contributed by atoms with van der Waals surface area (Å²) >= 11 is 0. The molecule has 1 aliphatic heterocycles. The lowest BCUT2D eigenvalue weighted by atomic mass is 10.3.